The van der Waals surface area contributed by atoms with E-state index in [0.29, 0.717) is 39.5 Å². The fraction of sp³-hybridized carbons (Fsp3) is 0.516. The van der Waals surface area contributed by atoms with Crippen LogP contribution in [0.25, 0.3) is 0 Å². The Kier molecular flexibility index (Phi) is 10.3. The molecule has 196 valence electrons. The van der Waals surface area contributed by atoms with Crippen LogP contribution in [-0.4, -0.2) is 48.9 Å². The molecule has 36 heavy (non-hydrogen) atoms. The van der Waals surface area contributed by atoms with Crippen molar-refractivity contribution in [3.63, 3.8) is 0 Å². The van der Waals surface area contributed by atoms with Gasteiger partial charge in [0.05, 0.1) is 13.2 Å². The molecule has 5 nitrogen and oxygen atoms in total. The molecule has 0 bridgehead atoms. The molecule has 0 heterocycles. The van der Waals surface area contributed by atoms with Crippen LogP contribution in [0.4, 0.5) is 0 Å². The van der Waals surface area contributed by atoms with Crippen LogP contribution in [0.15, 0.2) is 72.3 Å². The Morgan fingerprint density at radius 3 is 1.83 bits per heavy atom. The Hall–Kier alpha value is -2.47. The molecule has 1 atom stereocenters. The summed E-state index contributed by atoms with van der Waals surface area (Å²) in [5, 5.41) is 0. The minimum Gasteiger partial charge on any atom is -0.459 e. The van der Waals surface area contributed by atoms with Crippen LogP contribution in [0.5, 0.6) is 0 Å². The first-order chi connectivity index (χ1) is 17.3. The highest BCUT2D eigenvalue weighted by molar-refractivity contribution is 5.80. The van der Waals surface area contributed by atoms with Crippen molar-refractivity contribution in [2.75, 3.05) is 26.4 Å². The SMILES string of the molecule is CCOCC1(COCC)CC=C(C(C(=O)OC(C)(C)C)N(Cc2ccccc2)Cc2ccccc2)C1. The zero-order valence-corrected chi connectivity index (χ0v) is 22.7. The van der Waals surface area contributed by atoms with Gasteiger partial charge in [-0.1, -0.05) is 66.7 Å². The van der Waals surface area contributed by atoms with Gasteiger partial charge in [-0.2, -0.15) is 0 Å². The van der Waals surface area contributed by atoms with Crippen molar-refractivity contribution >= 4 is 5.97 Å². The second kappa shape index (κ2) is 13.2. The summed E-state index contributed by atoms with van der Waals surface area (Å²) in [7, 11) is 0. The lowest BCUT2D eigenvalue weighted by Gasteiger charge is -2.35. The maximum atomic E-state index is 13.8. The van der Waals surface area contributed by atoms with Crippen molar-refractivity contribution in [1.29, 1.82) is 0 Å². The van der Waals surface area contributed by atoms with E-state index >= 15 is 0 Å². The average molecular weight is 494 g/mol. The molecule has 0 spiro atoms. The Bertz CT molecular complexity index is 916. The monoisotopic (exact) mass is 493 g/mol. The molecular formula is C31H43NO4. The van der Waals surface area contributed by atoms with E-state index in [4.69, 9.17) is 14.2 Å². The lowest BCUT2D eigenvalue weighted by Crippen LogP contribution is -2.45. The first-order valence-electron chi connectivity index (χ1n) is 13.1. The van der Waals surface area contributed by atoms with E-state index < -0.39 is 11.6 Å². The molecule has 1 unspecified atom stereocenters. The number of esters is 1. The molecule has 2 aromatic rings. The summed E-state index contributed by atoms with van der Waals surface area (Å²) < 4.78 is 17.8. The van der Waals surface area contributed by atoms with E-state index in [-0.39, 0.29) is 11.4 Å². The molecule has 1 aliphatic carbocycles. The number of hydrogen-bond donors (Lipinski definition) is 0. The number of allylic oxidation sites excluding steroid dienone is 1. The number of ether oxygens (including phenoxy) is 3. The van der Waals surface area contributed by atoms with Crippen molar-refractivity contribution in [2.24, 2.45) is 5.41 Å². The molecule has 2 aromatic carbocycles. The number of carbonyl (C=O) groups excluding carboxylic acids is 1. The van der Waals surface area contributed by atoms with E-state index in [2.05, 4.69) is 35.2 Å². The van der Waals surface area contributed by atoms with Gasteiger partial charge in [-0.3, -0.25) is 4.90 Å². The Balaban J connectivity index is 1.97. The standard InChI is InChI=1S/C31H43NO4/c1-6-34-23-31(24-35-7-2)19-18-27(20-31)28(29(33)36-30(3,4)5)32(21-25-14-10-8-11-15-25)22-26-16-12-9-13-17-26/h8-18,28H,6-7,19-24H2,1-5H3. The summed E-state index contributed by atoms with van der Waals surface area (Å²) >= 11 is 0. The van der Waals surface area contributed by atoms with Crippen LogP contribution < -0.4 is 0 Å². The molecule has 0 fully saturated rings. The average Bonchev–Trinajstić information content (AvgIpc) is 3.25. The number of nitrogens with zero attached hydrogens (tertiary/aromatic N) is 1. The molecule has 3 rings (SSSR count). The third kappa shape index (κ3) is 8.29. The van der Waals surface area contributed by atoms with Gasteiger partial charge in [-0.25, -0.2) is 4.79 Å². The third-order valence-corrected chi connectivity index (χ3v) is 6.40. The minimum absolute atomic E-state index is 0.160. The molecule has 0 aromatic heterocycles. The lowest BCUT2D eigenvalue weighted by atomic mass is 9.84. The van der Waals surface area contributed by atoms with Gasteiger partial charge < -0.3 is 14.2 Å². The highest BCUT2D eigenvalue weighted by atomic mass is 16.6. The molecule has 0 aliphatic heterocycles. The second-order valence-corrected chi connectivity index (χ2v) is 10.7. The van der Waals surface area contributed by atoms with Gasteiger partial charge in [0.25, 0.3) is 0 Å². The molecule has 1 aliphatic rings. The van der Waals surface area contributed by atoms with Crippen LogP contribution in [0.1, 0.15) is 58.6 Å². The van der Waals surface area contributed by atoms with Gasteiger partial charge in [-0.15, -0.1) is 0 Å². The molecular weight excluding hydrogens is 450 g/mol. The van der Waals surface area contributed by atoms with Crippen LogP contribution in [-0.2, 0) is 32.1 Å². The largest absolute Gasteiger partial charge is 0.459 e. The summed E-state index contributed by atoms with van der Waals surface area (Å²) in [6, 6.07) is 20.2. The molecule has 0 saturated carbocycles. The second-order valence-electron chi connectivity index (χ2n) is 10.7. The zero-order chi connectivity index (χ0) is 26.0. The van der Waals surface area contributed by atoms with Gasteiger partial charge >= 0.3 is 5.97 Å². The van der Waals surface area contributed by atoms with E-state index in [1.54, 1.807) is 0 Å². The van der Waals surface area contributed by atoms with E-state index in [0.717, 1.165) is 29.5 Å². The predicted molar refractivity (Wildman–Crippen MR) is 144 cm³/mol. The fourth-order valence-corrected chi connectivity index (χ4v) is 4.80. The maximum absolute atomic E-state index is 13.8. The topological polar surface area (TPSA) is 48.0 Å². The summed E-state index contributed by atoms with van der Waals surface area (Å²) in [5.74, 6) is -0.204. The van der Waals surface area contributed by atoms with E-state index in [9.17, 15) is 4.79 Å². The summed E-state index contributed by atoms with van der Waals surface area (Å²) in [5.41, 5.74) is 2.68. The molecule has 0 amide bonds. The van der Waals surface area contributed by atoms with E-state index in [1.807, 2.05) is 71.0 Å². The van der Waals surface area contributed by atoms with Crippen molar-refractivity contribution in [3.8, 4) is 0 Å². The first-order valence-corrected chi connectivity index (χ1v) is 13.1. The van der Waals surface area contributed by atoms with Crippen molar-refractivity contribution < 1.29 is 19.0 Å². The lowest BCUT2D eigenvalue weighted by molar-refractivity contribution is -0.160. The van der Waals surface area contributed by atoms with Gasteiger partial charge in [0.1, 0.15) is 11.6 Å². The zero-order valence-electron chi connectivity index (χ0n) is 22.7. The Morgan fingerprint density at radius 2 is 1.39 bits per heavy atom. The highest BCUT2D eigenvalue weighted by Gasteiger charge is 2.42. The van der Waals surface area contributed by atoms with Gasteiger partial charge in [0, 0.05) is 31.7 Å². The molecule has 0 radical (unpaired) electrons. The summed E-state index contributed by atoms with van der Waals surface area (Å²) in [6.45, 7) is 13.6. The van der Waals surface area contributed by atoms with Gasteiger partial charge in [0.2, 0.25) is 0 Å². The quantitative estimate of drug-likeness (QED) is 0.246. The number of carbonyl (C=O) groups is 1. The van der Waals surface area contributed by atoms with Crippen LogP contribution >= 0.6 is 0 Å². The summed E-state index contributed by atoms with van der Waals surface area (Å²) in [4.78, 5) is 16.1. The van der Waals surface area contributed by atoms with E-state index in [1.165, 1.54) is 0 Å². The Morgan fingerprint density at radius 1 is 0.889 bits per heavy atom. The third-order valence-electron chi connectivity index (χ3n) is 6.40. The number of benzene rings is 2. The smallest absolute Gasteiger partial charge is 0.328 e. The fourth-order valence-electron chi connectivity index (χ4n) is 4.80. The number of hydrogen-bond acceptors (Lipinski definition) is 5. The maximum Gasteiger partial charge on any atom is 0.328 e. The summed E-state index contributed by atoms with van der Waals surface area (Å²) in [6.07, 6.45) is 3.80. The minimum atomic E-state index is -0.576. The van der Waals surface area contributed by atoms with Gasteiger partial charge in [-0.05, 0) is 64.2 Å². The molecule has 5 heteroatoms. The Labute approximate surface area is 217 Å². The van der Waals surface area contributed by atoms with Crippen LogP contribution in [0.2, 0.25) is 0 Å². The molecule has 0 saturated heterocycles. The molecule has 0 N–H and O–H groups in total. The van der Waals surface area contributed by atoms with Crippen molar-refractivity contribution in [2.45, 2.75) is 72.2 Å². The highest BCUT2D eigenvalue weighted by Crippen LogP contribution is 2.41. The van der Waals surface area contributed by atoms with Crippen LogP contribution in [0, 0.1) is 5.41 Å². The normalized spacial score (nSPS) is 16.1. The van der Waals surface area contributed by atoms with Gasteiger partial charge in [0.15, 0.2) is 0 Å². The predicted octanol–water partition coefficient (Wildman–Crippen LogP) is 6.18. The van der Waals surface area contributed by atoms with Crippen molar-refractivity contribution in [3.05, 3.63) is 83.4 Å². The first kappa shape index (κ1) is 28.1. The van der Waals surface area contributed by atoms with Crippen LogP contribution in [0.3, 0.4) is 0 Å². The number of rotatable bonds is 13. The van der Waals surface area contributed by atoms with Crippen molar-refractivity contribution in [1.82, 2.24) is 4.90 Å².